The Labute approximate surface area is 79.0 Å². The number of amides is 1. The number of rotatable bonds is 4. The molecular weight excluding hydrogens is 168 g/mol. The van der Waals surface area contributed by atoms with Crippen LogP contribution in [0.5, 0.6) is 0 Å². The van der Waals surface area contributed by atoms with E-state index in [-0.39, 0.29) is 12.5 Å². The van der Waals surface area contributed by atoms with Crippen LogP contribution >= 0.6 is 0 Å². The van der Waals surface area contributed by atoms with Gasteiger partial charge in [-0.15, -0.1) is 0 Å². The van der Waals surface area contributed by atoms with Crippen molar-refractivity contribution in [2.75, 3.05) is 32.8 Å². The predicted molar refractivity (Wildman–Crippen MR) is 50.2 cm³/mol. The maximum Gasteiger partial charge on any atom is 0.236 e. The van der Waals surface area contributed by atoms with Gasteiger partial charge in [-0.1, -0.05) is 0 Å². The van der Waals surface area contributed by atoms with Crippen molar-refractivity contribution >= 4 is 5.91 Å². The first-order valence-electron chi connectivity index (χ1n) is 4.83. The molecule has 1 amide bonds. The van der Waals surface area contributed by atoms with Gasteiger partial charge in [-0.2, -0.15) is 0 Å². The molecule has 1 aliphatic rings. The normalized spacial score (nSPS) is 22.3. The number of hydrogen-bond acceptors (Lipinski definition) is 3. The summed E-state index contributed by atoms with van der Waals surface area (Å²) in [4.78, 5) is 13.0. The van der Waals surface area contributed by atoms with Crippen LogP contribution in [0.1, 0.15) is 13.3 Å². The molecule has 1 heterocycles. The average molecular weight is 186 g/mol. The molecule has 1 fully saturated rings. The van der Waals surface area contributed by atoms with E-state index in [1.807, 2.05) is 11.8 Å². The Bertz CT molecular complexity index is 173. The van der Waals surface area contributed by atoms with E-state index in [9.17, 15) is 4.79 Å². The predicted octanol–water partition coefficient (Wildman–Crippen LogP) is -0.170. The third-order valence-electron chi connectivity index (χ3n) is 2.37. The van der Waals surface area contributed by atoms with Crippen LogP contribution in [-0.4, -0.2) is 43.7 Å². The highest BCUT2D eigenvalue weighted by molar-refractivity contribution is 5.78. The van der Waals surface area contributed by atoms with E-state index in [0.717, 1.165) is 32.7 Å². The van der Waals surface area contributed by atoms with Crippen LogP contribution in [0.2, 0.25) is 0 Å². The SMILES string of the molecule is CCOC[C@H]1CCN(C(=O)CN)C1. The molecular formula is C9H18N2O2. The number of ether oxygens (including phenoxy) is 1. The van der Waals surface area contributed by atoms with Crippen LogP contribution in [0.3, 0.4) is 0 Å². The van der Waals surface area contributed by atoms with Gasteiger partial charge < -0.3 is 15.4 Å². The first-order chi connectivity index (χ1) is 6.27. The lowest BCUT2D eigenvalue weighted by molar-refractivity contribution is -0.128. The van der Waals surface area contributed by atoms with E-state index in [1.165, 1.54) is 0 Å². The van der Waals surface area contributed by atoms with Crippen LogP contribution in [-0.2, 0) is 9.53 Å². The Hall–Kier alpha value is -0.610. The quantitative estimate of drug-likeness (QED) is 0.663. The number of hydrogen-bond donors (Lipinski definition) is 1. The van der Waals surface area contributed by atoms with Gasteiger partial charge in [-0.05, 0) is 13.3 Å². The summed E-state index contributed by atoms with van der Waals surface area (Å²) in [6.45, 7) is 5.29. The highest BCUT2D eigenvalue weighted by Crippen LogP contribution is 2.16. The maximum atomic E-state index is 11.2. The number of nitrogens with zero attached hydrogens (tertiary/aromatic N) is 1. The van der Waals surface area contributed by atoms with E-state index >= 15 is 0 Å². The third kappa shape index (κ3) is 2.97. The number of carbonyl (C=O) groups is 1. The first kappa shape index (κ1) is 10.5. The number of carbonyl (C=O) groups excluding carboxylic acids is 1. The van der Waals surface area contributed by atoms with Gasteiger partial charge in [0.05, 0.1) is 13.2 Å². The Morgan fingerprint density at radius 1 is 1.69 bits per heavy atom. The van der Waals surface area contributed by atoms with Gasteiger partial charge in [0.25, 0.3) is 0 Å². The highest BCUT2D eigenvalue weighted by atomic mass is 16.5. The third-order valence-corrected chi connectivity index (χ3v) is 2.37. The molecule has 0 aromatic heterocycles. The molecule has 4 heteroatoms. The van der Waals surface area contributed by atoms with Crippen LogP contribution in [0.4, 0.5) is 0 Å². The van der Waals surface area contributed by atoms with Crippen LogP contribution in [0.25, 0.3) is 0 Å². The van der Waals surface area contributed by atoms with Crippen molar-refractivity contribution in [1.29, 1.82) is 0 Å². The summed E-state index contributed by atoms with van der Waals surface area (Å²) in [6, 6.07) is 0. The van der Waals surface area contributed by atoms with Crippen molar-refractivity contribution in [1.82, 2.24) is 4.90 Å². The summed E-state index contributed by atoms with van der Waals surface area (Å²) < 4.78 is 5.31. The molecule has 4 nitrogen and oxygen atoms in total. The molecule has 0 aromatic rings. The van der Waals surface area contributed by atoms with E-state index in [4.69, 9.17) is 10.5 Å². The van der Waals surface area contributed by atoms with Gasteiger partial charge in [-0.3, -0.25) is 4.79 Å². The minimum Gasteiger partial charge on any atom is -0.381 e. The molecule has 1 aliphatic heterocycles. The Morgan fingerprint density at radius 3 is 3.08 bits per heavy atom. The summed E-state index contributed by atoms with van der Waals surface area (Å²) >= 11 is 0. The lowest BCUT2D eigenvalue weighted by atomic mass is 10.1. The topological polar surface area (TPSA) is 55.6 Å². The molecule has 0 spiro atoms. The molecule has 1 rings (SSSR count). The fourth-order valence-corrected chi connectivity index (χ4v) is 1.61. The van der Waals surface area contributed by atoms with Crippen LogP contribution in [0, 0.1) is 5.92 Å². The van der Waals surface area contributed by atoms with Crippen LogP contribution in [0.15, 0.2) is 0 Å². The molecule has 2 N–H and O–H groups in total. The molecule has 0 radical (unpaired) electrons. The van der Waals surface area contributed by atoms with Gasteiger partial charge >= 0.3 is 0 Å². The summed E-state index contributed by atoms with van der Waals surface area (Å²) in [7, 11) is 0. The van der Waals surface area contributed by atoms with Gasteiger partial charge in [0.2, 0.25) is 5.91 Å². The Balaban J connectivity index is 2.23. The minimum atomic E-state index is 0.0546. The molecule has 0 saturated carbocycles. The van der Waals surface area contributed by atoms with Crippen molar-refractivity contribution in [3.8, 4) is 0 Å². The molecule has 76 valence electrons. The lowest BCUT2D eigenvalue weighted by Crippen LogP contribution is -2.34. The average Bonchev–Trinajstić information content (AvgIpc) is 2.62. The Kier molecular flexibility index (Phi) is 4.18. The fraction of sp³-hybridized carbons (Fsp3) is 0.889. The summed E-state index contributed by atoms with van der Waals surface area (Å²) in [5.41, 5.74) is 5.27. The molecule has 0 bridgehead atoms. The maximum absolute atomic E-state index is 11.2. The first-order valence-corrected chi connectivity index (χ1v) is 4.83. The van der Waals surface area contributed by atoms with Gasteiger partial charge in [0.15, 0.2) is 0 Å². The zero-order valence-corrected chi connectivity index (χ0v) is 8.16. The largest absolute Gasteiger partial charge is 0.381 e. The van der Waals surface area contributed by atoms with Gasteiger partial charge in [0, 0.05) is 25.6 Å². The lowest BCUT2D eigenvalue weighted by Gasteiger charge is -2.15. The summed E-state index contributed by atoms with van der Waals surface area (Å²) in [5, 5.41) is 0. The second-order valence-electron chi connectivity index (χ2n) is 3.36. The van der Waals surface area contributed by atoms with Crippen LogP contribution < -0.4 is 5.73 Å². The molecule has 0 aliphatic carbocycles. The summed E-state index contributed by atoms with van der Waals surface area (Å²) in [6.07, 6.45) is 1.05. The van der Waals surface area contributed by atoms with E-state index in [1.54, 1.807) is 0 Å². The molecule has 0 aromatic carbocycles. The van der Waals surface area contributed by atoms with E-state index in [2.05, 4.69) is 0 Å². The summed E-state index contributed by atoms with van der Waals surface area (Å²) in [5.74, 6) is 0.564. The highest BCUT2D eigenvalue weighted by Gasteiger charge is 2.24. The zero-order valence-electron chi connectivity index (χ0n) is 8.16. The molecule has 0 unspecified atom stereocenters. The monoisotopic (exact) mass is 186 g/mol. The number of likely N-dealkylation sites (tertiary alicyclic amines) is 1. The smallest absolute Gasteiger partial charge is 0.236 e. The van der Waals surface area contributed by atoms with E-state index < -0.39 is 0 Å². The minimum absolute atomic E-state index is 0.0546. The standard InChI is InChI=1S/C9H18N2O2/c1-2-13-7-8-3-4-11(6-8)9(12)5-10/h8H,2-7,10H2,1H3/t8-/m0/s1. The van der Waals surface area contributed by atoms with Crippen molar-refractivity contribution in [3.63, 3.8) is 0 Å². The van der Waals surface area contributed by atoms with Crippen molar-refractivity contribution in [2.24, 2.45) is 11.7 Å². The Morgan fingerprint density at radius 2 is 2.46 bits per heavy atom. The second kappa shape index (κ2) is 5.19. The van der Waals surface area contributed by atoms with Crippen molar-refractivity contribution < 1.29 is 9.53 Å². The van der Waals surface area contributed by atoms with E-state index in [0.29, 0.717) is 5.92 Å². The zero-order chi connectivity index (χ0) is 9.68. The van der Waals surface area contributed by atoms with Crippen molar-refractivity contribution in [3.05, 3.63) is 0 Å². The van der Waals surface area contributed by atoms with Crippen molar-refractivity contribution in [2.45, 2.75) is 13.3 Å². The number of nitrogens with two attached hydrogens (primary N) is 1. The van der Waals surface area contributed by atoms with Gasteiger partial charge in [0.1, 0.15) is 0 Å². The fourth-order valence-electron chi connectivity index (χ4n) is 1.61. The van der Waals surface area contributed by atoms with Gasteiger partial charge in [-0.25, -0.2) is 0 Å². The molecule has 1 saturated heterocycles. The molecule has 1 atom stereocenters. The second-order valence-corrected chi connectivity index (χ2v) is 3.36. The molecule has 13 heavy (non-hydrogen) atoms.